The highest BCUT2D eigenvalue weighted by Crippen LogP contribution is 2.24. The number of benzene rings is 1. The van der Waals surface area contributed by atoms with Crippen LogP contribution < -0.4 is 9.80 Å². The SMILES string of the molecule is Cc1cc(N2CCN(c3cc(C#N)c4ccccc4n3)CC2)nc(C)n1. The summed E-state index contributed by atoms with van der Waals surface area (Å²) >= 11 is 0. The molecule has 1 saturated heterocycles. The average molecular weight is 344 g/mol. The molecule has 1 aliphatic heterocycles. The monoisotopic (exact) mass is 344 g/mol. The van der Waals surface area contributed by atoms with E-state index in [1.165, 1.54) is 0 Å². The lowest BCUT2D eigenvalue weighted by molar-refractivity contribution is 0.640. The number of nitrogens with zero attached hydrogens (tertiary/aromatic N) is 6. The molecule has 1 aromatic carbocycles. The fourth-order valence-corrected chi connectivity index (χ4v) is 3.44. The van der Waals surface area contributed by atoms with Crippen LogP contribution in [0.4, 0.5) is 11.6 Å². The molecule has 130 valence electrons. The van der Waals surface area contributed by atoms with Crippen LogP contribution in [0.25, 0.3) is 10.9 Å². The van der Waals surface area contributed by atoms with Crippen molar-refractivity contribution in [3.05, 3.63) is 53.5 Å². The lowest BCUT2D eigenvalue weighted by Crippen LogP contribution is -2.47. The van der Waals surface area contributed by atoms with Gasteiger partial charge >= 0.3 is 0 Å². The van der Waals surface area contributed by atoms with Gasteiger partial charge in [-0.05, 0) is 26.0 Å². The summed E-state index contributed by atoms with van der Waals surface area (Å²) in [7, 11) is 0. The molecule has 0 amide bonds. The Morgan fingerprint density at radius 1 is 0.885 bits per heavy atom. The Morgan fingerprint density at radius 3 is 2.19 bits per heavy atom. The summed E-state index contributed by atoms with van der Waals surface area (Å²) in [4.78, 5) is 18.2. The number of hydrogen-bond donors (Lipinski definition) is 0. The average Bonchev–Trinajstić information content (AvgIpc) is 2.66. The summed E-state index contributed by atoms with van der Waals surface area (Å²) in [5.74, 6) is 2.66. The second kappa shape index (κ2) is 6.60. The Bertz CT molecular complexity index is 979. The van der Waals surface area contributed by atoms with E-state index < -0.39 is 0 Å². The van der Waals surface area contributed by atoms with E-state index in [4.69, 9.17) is 4.98 Å². The standard InChI is InChI=1S/C20H20N6/c1-14-11-19(23-15(2)22-14)25-7-9-26(10-8-25)20-12-16(13-21)17-5-3-4-6-18(17)24-20/h3-6,11-12H,7-10H2,1-2H3. The topological polar surface area (TPSA) is 68.9 Å². The maximum atomic E-state index is 9.48. The van der Waals surface area contributed by atoms with E-state index in [9.17, 15) is 5.26 Å². The summed E-state index contributed by atoms with van der Waals surface area (Å²) in [6.07, 6.45) is 0. The number of pyridine rings is 1. The van der Waals surface area contributed by atoms with Crippen molar-refractivity contribution in [2.75, 3.05) is 36.0 Å². The van der Waals surface area contributed by atoms with Crippen molar-refractivity contribution in [1.82, 2.24) is 15.0 Å². The van der Waals surface area contributed by atoms with Crippen molar-refractivity contribution >= 4 is 22.5 Å². The highest BCUT2D eigenvalue weighted by Gasteiger charge is 2.20. The van der Waals surface area contributed by atoms with Crippen molar-refractivity contribution in [3.63, 3.8) is 0 Å². The number of rotatable bonds is 2. The van der Waals surface area contributed by atoms with Crippen molar-refractivity contribution in [3.8, 4) is 6.07 Å². The largest absolute Gasteiger partial charge is 0.353 e. The molecule has 0 N–H and O–H groups in total. The number of aryl methyl sites for hydroxylation is 2. The lowest BCUT2D eigenvalue weighted by Gasteiger charge is -2.36. The van der Waals surface area contributed by atoms with Gasteiger partial charge in [0.15, 0.2) is 0 Å². The van der Waals surface area contributed by atoms with Crippen molar-refractivity contribution < 1.29 is 0 Å². The van der Waals surface area contributed by atoms with Crippen molar-refractivity contribution in [2.45, 2.75) is 13.8 Å². The van der Waals surface area contributed by atoms with Crippen LogP contribution in [0, 0.1) is 25.2 Å². The molecule has 3 aromatic rings. The fourth-order valence-electron chi connectivity index (χ4n) is 3.44. The van der Waals surface area contributed by atoms with Gasteiger partial charge in [0.1, 0.15) is 17.5 Å². The van der Waals surface area contributed by atoms with Crippen LogP contribution in [-0.4, -0.2) is 41.1 Å². The third-order valence-corrected chi connectivity index (χ3v) is 4.70. The van der Waals surface area contributed by atoms with Gasteiger partial charge in [0.05, 0.1) is 17.1 Å². The summed E-state index contributed by atoms with van der Waals surface area (Å²) in [5, 5.41) is 10.4. The molecule has 0 bridgehead atoms. The molecule has 2 aromatic heterocycles. The maximum absolute atomic E-state index is 9.48. The number of anilines is 2. The molecular formula is C20H20N6. The maximum Gasteiger partial charge on any atom is 0.132 e. The molecule has 0 saturated carbocycles. The number of fused-ring (bicyclic) bond motifs is 1. The van der Waals surface area contributed by atoms with Crippen LogP contribution in [0.5, 0.6) is 0 Å². The Hall–Kier alpha value is -3.20. The zero-order valence-electron chi connectivity index (χ0n) is 15.0. The van der Waals surface area contributed by atoms with E-state index in [0.29, 0.717) is 5.56 Å². The first-order valence-electron chi connectivity index (χ1n) is 8.76. The van der Waals surface area contributed by atoms with Gasteiger partial charge in [0.25, 0.3) is 0 Å². The van der Waals surface area contributed by atoms with E-state index in [1.807, 2.05) is 50.2 Å². The summed E-state index contributed by atoms with van der Waals surface area (Å²) in [5.41, 5.74) is 2.53. The quantitative estimate of drug-likeness (QED) is 0.712. The van der Waals surface area contributed by atoms with E-state index in [1.54, 1.807) is 0 Å². The second-order valence-corrected chi connectivity index (χ2v) is 6.55. The predicted octanol–water partition coefficient (Wildman–Crippen LogP) is 2.84. The van der Waals surface area contributed by atoms with Crippen LogP contribution in [0.15, 0.2) is 36.4 Å². The van der Waals surface area contributed by atoms with Gasteiger partial charge in [-0.15, -0.1) is 0 Å². The Labute approximate surface area is 152 Å². The normalized spacial score (nSPS) is 14.5. The molecule has 4 rings (SSSR count). The van der Waals surface area contributed by atoms with Gasteiger partial charge in [-0.1, -0.05) is 18.2 Å². The predicted molar refractivity (Wildman–Crippen MR) is 102 cm³/mol. The Kier molecular flexibility index (Phi) is 4.13. The number of para-hydroxylation sites is 1. The number of nitriles is 1. The molecule has 6 heteroatoms. The van der Waals surface area contributed by atoms with Gasteiger partial charge in [-0.2, -0.15) is 5.26 Å². The molecule has 0 unspecified atom stereocenters. The molecule has 1 aliphatic rings. The van der Waals surface area contributed by atoms with Gasteiger partial charge in [0, 0.05) is 43.3 Å². The van der Waals surface area contributed by atoms with Crippen LogP contribution >= 0.6 is 0 Å². The minimum absolute atomic E-state index is 0.676. The highest BCUT2D eigenvalue weighted by molar-refractivity contribution is 5.86. The molecule has 0 aliphatic carbocycles. The number of piperazine rings is 1. The Balaban J connectivity index is 1.56. The molecule has 3 heterocycles. The molecule has 1 fully saturated rings. The van der Waals surface area contributed by atoms with Crippen LogP contribution in [0.1, 0.15) is 17.1 Å². The first-order chi connectivity index (χ1) is 12.6. The van der Waals surface area contributed by atoms with Gasteiger partial charge in [0.2, 0.25) is 0 Å². The summed E-state index contributed by atoms with van der Waals surface area (Å²) < 4.78 is 0. The summed E-state index contributed by atoms with van der Waals surface area (Å²) in [6, 6.07) is 14.0. The molecular weight excluding hydrogens is 324 g/mol. The van der Waals surface area contributed by atoms with E-state index in [2.05, 4.69) is 25.8 Å². The van der Waals surface area contributed by atoms with Gasteiger partial charge in [-0.25, -0.2) is 15.0 Å². The second-order valence-electron chi connectivity index (χ2n) is 6.55. The van der Waals surface area contributed by atoms with E-state index in [0.717, 1.165) is 60.2 Å². The zero-order valence-corrected chi connectivity index (χ0v) is 15.0. The molecule has 0 atom stereocenters. The molecule has 6 nitrogen and oxygen atoms in total. The van der Waals surface area contributed by atoms with Crippen molar-refractivity contribution in [2.24, 2.45) is 0 Å². The first-order valence-corrected chi connectivity index (χ1v) is 8.76. The molecule has 0 radical (unpaired) electrons. The Morgan fingerprint density at radius 2 is 1.54 bits per heavy atom. The first kappa shape index (κ1) is 16.3. The van der Waals surface area contributed by atoms with Crippen LogP contribution in [0.2, 0.25) is 0 Å². The number of aromatic nitrogens is 3. The molecule has 0 spiro atoms. The minimum atomic E-state index is 0.676. The zero-order chi connectivity index (χ0) is 18.1. The smallest absolute Gasteiger partial charge is 0.132 e. The van der Waals surface area contributed by atoms with Crippen LogP contribution in [0.3, 0.4) is 0 Å². The van der Waals surface area contributed by atoms with Crippen molar-refractivity contribution in [1.29, 1.82) is 5.26 Å². The lowest BCUT2D eigenvalue weighted by atomic mass is 10.1. The van der Waals surface area contributed by atoms with E-state index >= 15 is 0 Å². The molecule has 26 heavy (non-hydrogen) atoms. The number of hydrogen-bond acceptors (Lipinski definition) is 6. The van der Waals surface area contributed by atoms with Crippen LogP contribution in [-0.2, 0) is 0 Å². The third kappa shape index (κ3) is 3.04. The fraction of sp³-hybridized carbons (Fsp3) is 0.300. The van der Waals surface area contributed by atoms with Gasteiger partial charge < -0.3 is 9.80 Å². The van der Waals surface area contributed by atoms with E-state index in [-0.39, 0.29) is 0 Å². The highest BCUT2D eigenvalue weighted by atomic mass is 15.3. The third-order valence-electron chi connectivity index (χ3n) is 4.70. The minimum Gasteiger partial charge on any atom is -0.353 e. The summed E-state index contributed by atoms with van der Waals surface area (Å²) in [6.45, 7) is 7.35. The van der Waals surface area contributed by atoms with Gasteiger partial charge in [-0.3, -0.25) is 0 Å².